The van der Waals surface area contributed by atoms with Crippen molar-refractivity contribution in [1.29, 1.82) is 0 Å². The summed E-state index contributed by atoms with van der Waals surface area (Å²) in [6, 6.07) is 0. The molecule has 0 bridgehead atoms. The molecule has 0 radical (unpaired) electrons. The lowest BCUT2D eigenvalue weighted by Crippen LogP contribution is -2.29. The molecule has 7 nitrogen and oxygen atoms in total. The van der Waals surface area contributed by atoms with Gasteiger partial charge in [-0.3, -0.25) is 9.69 Å². The Morgan fingerprint density at radius 3 is 2.95 bits per heavy atom. The first-order valence-electron chi connectivity index (χ1n) is 6.82. The molecule has 0 spiro atoms. The van der Waals surface area contributed by atoms with E-state index in [1.165, 1.54) is 10.9 Å². The topological polar surface area (TPSA) is 84.7 Å². The Kier molecular flexibility index (Phi) is 5.35. The van der Waals surface area contributed by atoms with Crippen LogP contribution in [0.15, 0.2) is 6.20 Å². The molecule has 1 unspecified atom stereocenters. The van der Waals surface area contributed by atoms with E-state index in [1.807, 2.05) is 0 Å². The molecule has 1 N–H and O–H groups in total. The highest BCUT2D eigenvalue weighted by molar-refractivity contribution is 9.09. The van der Waals surface area contributed by atoms with Gasteiger partial charge < -0.3 is 9.84 Å². The fraction of sp³-hybridized carbons (Fsp3) is 0.615. The van der Waals surface area contributed by atoms with Crippen LogP contribution in [0.3, 0.4) is 0 Å². The van der Waals surface area contributed by atoms with E-state index in [0.717, 1.165) is 5.33 Å². The predicted octanol–water partition coefficient (Wildman–Crippen LogP) is 0.800. The van der Waals surface area contributed by atoms with Gasteiger partial charge in [0, 0.05) is 18.3 Å². The quantitative estimate of drug-likeness (QED) is 0.599. The molecule has 1 aliphatic heterocycles. The number of rotatable bonds is 6. The Hall–Kier alpha value is -1.41. The van der Waals surface area contributed by atoms with Crippen LogP contribution in [-0.4, -0.2) is 51.9 Å². The summed E-state index contributed by atoms with van der Waals surface area (Å²) < 4.78 is 6.48. The van der Waals surface area contributed by atoms with E-state index in [-0.39, 0.29) is 37.1 Å². The third-order valence-corrected chi connectivity index (χ3v) is 4.21. The number of aliphatic hydroxyl groups is 1. The minimum Gasteiger partial charge on any atom is -0.462 e. The molecule has 2 rings (SSSR count). The van der Waals surface area contributed by atoms with Crippen molar-refractivity contribution < 1.29 is 19.4 Å². The first-order valence-corrected chi connectivity index (χ1v) is 7.94. The molecule has 21 heavy (non-hydrogen) atoms. The molecule has 116 valence electrons. The largest absolute Gasteiger partial charge is 0.462 e. The summed E-state index contributed by atoms with van der Waals surface area (Å²) in [5, 5.41) is 13.9. The number of carbonyl (C=O) groups is 2. The van der Waals surface area contributed by atoms with Crippen LogP contribution >= 0.6 is 15.9 Å². The average Bonchev–Trinajstić information content (AvgIpc) is 3.03. The molecule has 2 heterocycles. The zero-order valence-corrected chi connectivity index (χ0v) is 13.4. The predicted molar refractivity (Wildman–Crippen MR) is 79.5 cm³/mol. The van der Waals surface area contributed by atoms with Crippen LogP contribution < -0.4 is 4.90 Å². The van der Waals surface area contributed by atoms with Gasteiger partial charge in [-0.25, -0.2) is 9.48 Å². The van der Waals surface area contributed by atoms with Gasteiger partial charge in [-0.15, -0.1) is 0 Å². The van der Waals surface area contributed by atoms with E-state index in [1.54, 1.807) is 11.8 Å². The molecule has 8 heteroatoms. The van der Waals surface area contributed by atoms with Crippen molar-refractivity contribution in [3.63, 3.8) is 0 Å². The van der Waals surface area contributed by atoms with E-state index in [2.05, 4.69) is 21.0 Å². The van der Waals surface area contributed by atoms with Gasteiger partial charge in [-0.1, -0.05) is 15.9 Å². The highest BCUT2D eigenvalue weighted by Crippen LogP contribution is 2.29. The number of alkyl halides is 1. The molecule has 1 aliphatic rings. The van der Waals surface area contributed by atoms with Crippen molar-refractivity contribution >= 4 is 33.6 Å². The molecule has 0 aromatic carbocycles. The minimum atomic E-state index is -0.508. The zero-order valence-electron chi connectivity index (χ0n) is 11.8. The van der Waals surface area contributed by atoms with E-state index >= 15 is 0 Å². The van der Waals surface area contributed by atoms with E-state index in [0.29, 0.717) is 18.8 Å². The maximum atomic E-state index is 12.2. The first kappa shape index (κ1) is 16.0. The SMILES string of the molecule is CCOC(=O)c1cnn(CCO)c1N1CC(CBr)CC1=O. The fourth-order valence-electron chi connectivity index (χ4n) is 2.36. The van der Waals surface area contributed by atoms with Gasteiger partial charge in [-0.2, -0.15) is 5.10 Å². The van der Waals surface area contributed by atoms with Crippen LogP contribution in [0.25, 0.3) is 0 Å². The number of anilines is 1. The third-order valence-electron chi connectivity index (χ3n) is 3.30. The maximum absolute atomic E-state index is 12.2. The van der Waals surface area contributed by atoms with Gasteiger partial charge >= 0.3 is 5.97 Å². The van der Waals surface area contributed by atoms with Crippen LogP contribution in [0.2, 0.25) is 0 Å². The van der Waals surface area contributed by atoms with Crippen molar-refractivity contribution in [2.45, 2.75) is 19.9 Å². The lowest BCUT2D eigenvalue weighted by Gasteiger charge is -2.19. The molecule has 1 atom stereocenters. The lowest BCUT2D eigenvalue weighted by molar-refractivity contribution is -0.117. The maximum Gasteiger partial charge on any atom is 0.343 e. The van der Waals surface area contributed by atoms with Crippen molar-refractivity contribution in [1.82, 2.24) is 9.78 Å². The van der Waals surface area contributed by atoms with E-state index < -0.39 is 5.97 Å². The van der Waals surface area contributed by atoms with Crippen molar-refractivity contribution in [3.8, 4) is 0 Å². The Labute approximate surface area is 131 Å². The Morgan fingerprint density at radius 1 is 1.62 bits per heavy atom. The van der Waals surface area contributed by atoms with Crippen LogP contribution in [0, 0.1) is 5.92 Å². The molecular weight excluding hydrogens is 342 g/mol. The standard InChI is InChI=1S/C13H18BrN3O4/c1-2-21-13(20)10-7-15-17(3-4-18)12(10)16-8-9(6-14)5-11(16)19/h7,9,18H,2-6,8H2,1H3. The number of ether oxygens (including phenoxy) is 1. The Balaban J connectivity index is 2.37. The minimum absolute atomic E-state index is 0.0512. The molecule has 0 saturated carbocycles. The lowest BCUT2D eigenvalue weighted by atomic mass is 10.2. The van der Waals surface area contributed by atoms with Crippen LogP contribution in [0.5, 0.6) is 0 Å². The molecular formula is C13H18BrN3O4. The van der Waals surface area contributed by atoms with Crippen LogP contribution in [0.1, 0.15) is 23.7 Å². The molecule has 1 aromatic heterocycles. The van der Waals surface area contributed by atoms with Gasteiger partial charge in [0.2, 0.25) is 5.91 Å². The van der Waals surface area contributed by atoms with Crippen LogP contribution in [-0.2, 0) is 16.1 Å². The van der Waals surface area contributed by atoms with Crippen molar-refractivity contribution in [2.75, 3.05) is 30.0 Å². The number of nitrogens with zero attached hydrogens (tertiary/aromatic N) is 3. The number of esters is 1. The van der Waals surface area contributed by atoms with Gasteiger partial charge in [0.25, 0.3) is 0 Å². The first-order chi connectivity index (χ1) is 10.1. The second kappa shape index (κ2) is 7.04. The smallest absolute Gasteiger partial charge is 0.343 e. The van der Waals surface area contributed by atoms with Gasteiger partial charge in [0.05, 0.1) is 26.0 Å². The number of aromatic nitrogens is 2. The summed E-state index contributed by atoms with van der Waals surface area (Å²) in [6.07, 6.45) is 1.82. The summed E-state index contributed by atoms with van der Waals surface area (Å²) in [5.74, 6) is 0.0532. The highest BCUT2D eigenvalue weighted by Gasteiger charge is 2.35. The highest BCUT2D eigenvalue weighted by atomic mass is 79.9. The summed E-state index contributed by atoms with van der Waals surface area (Å²) >= 11 is 3.38. The number of aliphatic hydroxyl groups excluding tert-OH is 1. The van der Waals surface area contributed by atoms with Crippen molar-refractivity contribution in [3.05, 3.63) is 11.8 Å². The number of carbonyl (C=O) groups excluding carboxylic acids is 2. The van der Waals surface area contributed by atoms with E-state index in [4.69, 9.17) is 9.84 Å². The molecule has 1 amide bonds. The third kappa shape index (κ3) is 3.26. The van der Waals surface area contributed by atoms with Gasteiger partial charge in [-0.05, 0) is 12.8 Å². The monoisotopic (exact) mass is 359 g/mol. The number of hydrogen-bond donors (Lipinski definition) is 1. The van der Waals surface area contributed by atoms with E-state index in [9.17, 15) is 9.59 Å². The van der Waals surface area contributed by atoms with Gasteiger partial charge in [0.15, 0.2) is 0 Å². The molecule has 0 aliphatic carbocycles. The van der Waals surface area contributed by atoms with Crippen LogP contribution in [0.4, 0.5) is 5.82 Å². The second-order valence-electron chi connectivity index (χ2n) is 4.78. The fourth-order valence-corrected chi connectivity index (χ4v) is 2.80. The second-order valence-corrected chi connectivity index (χ2v) is 5.43. The Bertz CT molecular complexity index is 531. The number of halogens is 1. The number of hydrogen-bond acceptors (Lipinski definition) is 5. The zero-order chi connectivity index (χ0) is 15.4. The molecule has 1 aromatic rings. The van der Waals surface area contributed by atoms with Gasteiger partial charge in [0.1, 0.15) is 11.4 Å². The normalized spacial score (nSPS) is 18.3. The number of amides is 1. The summed E-state index contributed by atoms with van der Waals surface area (Å²) in [4.78, 5) is 25.7. The summed E-state index contributed by atoms with van der Waals surface area (Å²) in [5.41, 5.74) is 0.258. The summed E-state index contributed by atoms with van der Waals surface area (Å²) in [6.45, 7) is 2.59. The summed E-state index contributed by atoms with van der Waals surface area (Å²) in [7, 11) is 0. The molecule has 1 saturated heterocycles. The average molecular weight is 360 g/mol. The Morgan fingerprint density at radius 2 is 2.38 bits per heavy atom. The molecule has 1 fully saturated rings. The van der Waals surface area contributed by atoms with Crippen molar-refractivity contribution in [2.24, 2.45) is 5.92 Å².